The number of carboxylic acids is 1. The van der Waals surface area contributed by atoms with E-state index in [9.17, 15) is 9.90 Å². The average Bonchev–Trinajstić information content (AvgIpc) is 2.38. The predicted molar refractivity (Wildman–Crippen MR) is 79.3 cm³/mol. The number of carbonyl (C=O) groups is 1. The molecule has 0 saturated carbocycles. The first-order chi connectivity index (χ1) is 9.13. The van der Waals surface area contributed by atoms with Crippen LogP contribution in [0.15, 0.2) is 25.3 Å². The van der Waals surface area contributed by atoms with E-state index < -0.39 is 11.4 Å². The van der Waals surface area contributed by atoms with Crippen molar-refractivity contribution in [2.45, 2.75) is 51.9 Å². The summed E-state index contributed by atoms with van der Waals surface area (Å²) in [6.07, 6.45) is 9.14. The van der Waals surface area contributed by atoms with E-state index in [-0.39, 0.29) is 0 Å². The van der Waals surface area contributed by atoms with E-state index in [1.165, 1.54) is 0 Å². The maximum Gasteiger partial charge on any atom is 0.309 e. The van der Waals surface area contributed by atoms with Crippen molar-refractivity contribution in [3.8, 4) is 0 Å². The lowest BCUT2D eigenvalue weighted by Gasteiger charge is -2.29. The zero-order chi connectivity index (χ0) is 14.6. The second-order valence-electron chi connectivity index (χ2n) is 4.89. The summed E-state index contributed by atoms with van der Waals surface area (Å²) in [6.45, 7) is 10.5. The van der Waals surface area contributed by atoms with Crippen LogP contribution in [0, 0.1) is 5.41 Å². The number of rotatable bonds is 13. The van der Waals surface area contributed by atoms with Gasteiger partial charge in [-0.15, -0.1) is 13.2 Å². The maximum atomic E-state index is 11.7. The number of allylic oxidation sites excluding steroid dienone is 2. The van der Waals surface area contributed by atoms with Gasteiger partial charge < -0.3 is 9.84 Å². The van der Waals surface area contributed by atoms with Gasteiger partial charge >= 0.3 is 5.97 Å². The first kappa shape index (κ1) is 17.9. The van der Waals surface area contributed by atoms with Gasteiger partial charge in [-0.05, 0) is 51.9 Å². The van der Waals surface area contributed by atoms with Crippen molar-refractivity contribution in [3.63, 3.8) is 0 Å². The molecule has 3 heteroatoms. The Morgan fingerprint density at radius 3 is 2.05 bits per heavy atom. The minimum Gasteiger partial charge on any atom is -0.481 e. The molecule has 0 spiro atoms. The molecule has 0 aliphatic rings. The molecule has 0 aromatic rings. The molecule has 0 unspecified atom stereocenters. The first-order valence-corrected chi connectivity index (χ1v) is 7.16. The molecular weight excluding hydrogens is 240 g/mol. The Morgan fingerprint density at radius 2 is 1.68 bits per heavy atom. The summed E-state index contributed by atoms with van der Waals surface area (Å²) in [7, 11) is 0. The van der Waals surface area contributed by atoms with Crippen LogP contribution in [0.4, 0.5) is 0 Å². The number of ether oxygens (including phenoxy) is 1. The summed E-state index contributed by atoms with van der Waals surface area (Å²) in [5, 5.41) is 9.61. The molecule has 0 saturated heterocycles. The summed E-state index contributed by atoms with van der Waals surface area (Å²) >= 11 is 0. The van der Waals surface area contributed by atoms with E-state index in [0.717, 1.165) is 25.7 Å². The highest BCUT2D eigenvalue weighted by molar-refractivity contribution is 5.74. The molecule has 3 nitrogen and oxygen atoms in total. The fourth-order valence-electron chi connectivity index (χ4n) is 2.28. The second kappa shape index (κ2) is 10.8. The van der Waals surface area contributed by atoms with E-state index in [1.54, 1.807) is 0 Å². The fourth-order valence-corrected chi connectivity index (χ4v) is 2.28. The largest absolute Gasteiger partial charge is 0.481 e. The van der Waals surface area contributed by atoms with E-state index >= 15 is 0 Å². The van der Waals surface area contributed by atoms with E-state index in [4.69, 9.17) is 4.74 Å². The minimum absolute atomic E-state index is 0.519. The van der Waals surface area contributed by atoms with Crippen LogP contribution in [0.2, 0.25) is 0 Å². The highest BCUT2D eigenvalue weighted by Gasteiger charge is 2.36. The molecule has 0 amide bonds. The van der Waals surface area contributed by atoms with E-state index in [2.05, 4.69) is 13.2 Å². The zero-order valence-corrected chi connectivity index (χ0v) is 12.2. The van der Waals surface area contributed by atoms with Crippen LogP contribution < -0.4 is 0 Å². The molecule has 19 heavy (non-hydrogen) atoms. The van der Waals surface area contributed by atoms with Gasteiger partial charge in [0.1, 0.15) is 0 Å². The Hall–Kier alpha value is -1.09. The topological polar surface area (TPSA) is 46.5 Å². The smallest absolute Gasteiger partial charge is 0.309 e. The fraction of sp³-hybridized carbons (Fsp3) is 0.688. The molecule has 0 aliphatic carbocycles. The number of unbranched alkanes of at least 4 members (excludes halogenated alkanes) is 2. The summed E-state index contributed by atoms with van der Waals surface area (Å²) < 4.78 is 5.35. The molecule has 0 rings (SSSR count). The van der Waals surface area contributed by atoms with Gasteiger partial charge in [0, 0.05) is 13.2 Å². The van der Waals surface area contributed by atoms with E-state index in [1.807, 2.05) is 19.1 Å². The lowest BCUT2D eigenvalue weighted by atomic mass is 9.75. The molecular formula is C16H28O3. The summed E-state index contributed by atoms with van der Waals surface area (Å²) in [5.41, 5.74) is -0.652. The molecule has 0 aromatic carbocycles. The Morgan fingerprint density at radius 1 is 1.16 bits per heavy atom. The van der Waals surface area contributed by atoms with Gasteiger partial charge in [0.25, 0.3) is 0 Å². The van der Waals surface area contributed by atoms with Crippen molar-refractivity contribution in [3.05, 3.63) is 25.3 Å². The van der Waals surface area contributed by atoms with Crippen molar-refractivity contribution >= 4 is 5.97 Å². The minimum atomic E-state index is -0.694. The van der Waals surface area contributed by atoms with Crippen molar-refractivity contribution < 1.29 is 14.6 Å². The average molecular weight is 268 g/mol. The molecule has 0 fully saturated rings. The van der Waals surface area contributed by atoms with Crippen molar-refractivity contribution in [1.82, 2.24) is 0 Å². The van der Waals surface area contributed by atoms with Gasteiger partial charge in [0.2, 0.25) is 0 Å². The Kier molecular flexibility index (Phi) is 10.2. The molecule has 0 aliphatic heterocycles. The third-order valence-corrected chi connectivity index (χ3v) is 3.51. The predicted octanol–water partition coefficient (Wildman–Crippen LogP) is 4.20. The number of carboxylic acid groups (broad SMARTS) is 1. The third-order valence-electron chi connectivity index (χ3n) is 3.51. The lowest BCUT2D eigenvalue weighted by molar-refractivity contribution is -0.151. The second-order valence-corrected chi connectivity index (χ2v) is 4.89. The summed E-state index contributed by atoms with van der Waals surface area (Å²) in [4.78, 5) is 11.7. The van der Waals surface area contributed by atoms with Gasteiger partial charge in [-0.2, -0.15) is 0 Å². The van der Waals surface area contributed by atoms with E-state index in [0.29, 0.717) is 32.5 Å². The standard InChI is InChI=1S/C16H28O3/c1-4-7-9-11-16(15(17)18,12-10-8-5-2)13-14-19-6-3/h4-5H,1-2,6-14H2,3H3,(H,17,18). The quantitative estimate of drug-likeness (QED) is 0.402. The van der Waals surface area contributed by atoms with Gasteiger partial charge in [0.05, 0.1) is 5.41 Å². The monoisotopic (exact) mass is 268 g/mol. The van der Waals surface area contributed by atoms with Gasteiger partial charge in [0.15, 0.2) is 0 Å². The molecule has 0 heterocycles. The maximum absolute atomic E-state index is 11.7. The number of hydrogen-bond donors (Lipinski definition) is 1. The molecule has 0 bridgehead atoms. The highest BCUT2D eigenvalue weighted by atomic mass is 16.5. The molecule has 0 atom stereocenters. The SMILES string of the molecule is C=CCCCC(CCCC=C)(CCOCC)C(=O)O. The van der Waals surface area contributed by atoms with Crippen LogP contribution in [0.25, 0.3) is 0 Å². The lowest BCUT2D eigenvalue weighted by Crippen LogP contribution is -2.32. The van der Waals surface area contributed by atoms with Crippen LogP contribution in [-0.2, 0) is 9.53 Å². The van der Waals surface area contributed by atoms with Crippen LogP contribution >= 0.6 is 0 Å². The third kappa shape index (κ3) is 7.16. The molecule has 1 N–H and O–H groups in total. The van der Waals surface area contributed by atoms with Crippen molar-refractivity contribution in [1.29, 1.82) is 0 Å². The van der Waals surface area contributed by atoms with Gasteiger partial charge in [-0.25, -0.2) is 0 Å². The number of aliphatic carboxylic acids is 1. The summed E-state index contributed by atoms with van der Waals surface area (Å²) in [6, 6.07) is 0. The molecule has 110 valence electrons. The molecule has 0 aromatic heterocycles. The number of hydrogen-bond acceptors (Lipinski definition) is 2. The highest BCUT2D eigenvalue weighted by Crippen LogP contribution is 2.35. The van der Waals surface area contributed by atoms with Crippen molar-refractivity contribution in [2.24, 2.45) is 5.41 Å². The Labute approximate surface area is 117 Å². The van der Waals surface area contributed by atoms with Crippen LogP contribution in [0.3, 0.4) is 0 Å². The van der Waals surface area contributed by atoms with Gasteiger partial charge in [-0.3, -0.25) is 4.79 Å². The Balaban J connectivity index is 4.61. The summed E-state index contributed by atoms with van der Waals surface area (Å²) in [5.74, 6) is -0.694. The van der Waals surface area contributed by atoms with Crippen LogP contribution in [0.5, 0.6) is 0 Å². The normalized spacial score (nSPS) is 11.2. The van der Waals surface area contributed by atoms with Gasteiger partial charge in [-0.1, -0.05) is 12.2 Å². The van der Waals surface area contributed by atoms with Crippen LogP contribution in [-0.4, -0.2) is 24.3 Å². The van der Waals surface area contributed by atoms with Crippen molar-refractivity contribution in [2.75, 3.05) is 13.2 Å². The Bertz CT molecular complexity index is 257. The first-order valence-electron chi connectivity index (χ1n) is 7.16. The zero-order valence-electron chi connectivity index (χ0n) is 12.2. The van der Waals surface area contributed by atoms with Crippen LogP contribution in [0.1, 0.15) is 51.9 Å². The molecule has 0 radical (unpaired) electrons.